The maximum atomic E-state index is 12.7. The first-order chi connectivity index (χ1) is 18.0. The SMILES string of the molecule is CCC(CC)(c1ccc(C(=O)CCCCCCC(=O)NO)cc1)c1ccc(OCC(O)C(C)(C)C)c(C)c1. The minimum atomic E-state index is -0.548. The van der Waals surface area contributed by atoms with Gasteiger partial charge in [-0.25, -0.2) is 5.48 Å². The number of benzene rings is 2. The number of rotatable bonds is 15. The second-order valence-corrected chi connectivity index (χ2v) is 11.4. The third-order valence-corrected chi connectivity index (χ3v) is 7.77. The third-order valence-electron chi connectivity index (χ3n) is 7.77. The van der Waals surface area contributed by atoms with Crippen LogP contribution in [0.4, 0.5) is 0 Å². The van der Waals surface area contributed by atoms with Crippen molar-refractivity contribution in [2.75, 3.05) is 6.61 Å². The Morgan fingerprint density at radius 1 is 0.895 bits per heavy atom. The van der Waals surface area contributed by atoms with Crippen LogP contribution in [-0.2, 0) is 10.2 Å². The third kappa shape index (κ3) is 8.40. The lowest BCUT2D eigenvalue weighted by Crippen LogP contribution is -2.32. The quantitative estimate of drug-likeness (QED) is 0.102. The Kier molecular flexibility index (Phi) is 12.0. The first kappa shape index (κ1) is 31.5. The summed E-state index contributed by atoms with van der Waals surface area (Å²) in [5, 5.41) is 18.9. The van der Waals surface area contributed by atoms with Crippen LogP contribution in [-0.4, -0.2) is 34.7 Å². The van der Waals surface area contributed by atoms with Crippen LogP contribution in [0.25, 0.3) is 0 Å². The van der Waals surface area contributed by atoms with Gasteiger partial charge in [0.1, 0.15) is 12.4 Å². The van der Waals surface area contributed by atoms with Gasteiger partial charge in [0.05, 0.1) is 6.10 Å². The predicted molar refractivity (Wildman–Crippen MR) is 152 cm³/mol. The fourth-order valence-electron chi connectivity index (χ4n) is 4.86. The molecule has 3 N–H and O–H groups in total. The average molecular weight is 526 g/mol. The molecule has 0 aromatic heterocycles. The lowest BCUT2D eigenvalue weighted by atomic mass is 9.70. The van der Waals surface area contributed by atoms with E-state index in [2.05, 4.69) is 38.1 Å². The van der Waals surface area contributed by atoms with Crippen LogP contribution in [0.2, 0.25) is 0 Å². The molecule has 38 heavy (non-hydrogen) atoms. The van der Waals surface area contributed by atoms with Crippen molar-refractivity contribution in [3.8, 4) is 5.75 Å². The molecule has 2 aromatic rings. The van der Waals surface area contributed by atoms with Gasteiger partial charge in [-0.2, -0.15) is 0 Å². The van der Waals surface area contributed by atoms with Gasteiger partial charge in [-0.15, -0.1) is 0 Å². The summed E-state index contributed by atoms with van der Waals surface area (Å²) in [6.45, 7) is 12.7. The summed E-state index contributed by atoms with van der Waals surface area (Å²) in [6.07, 6.45) is 5.32. The Morgan fingerprint density at radius 3 is 2.00 bits per heavy atom. The highest BCUT2D eigenvalue weighted by atomic mass is 16.5. The molecule has 1 amide bonds. The van der Waals surface area contributed by atoms with Gasteiger partial charge in [-0.3, -0.25) is 14.8 Å². The van der Waals surface area contributed by atoms with Gasteiger partial charge in [0, 0.05) is 23.8 Å². The molecule has 0 aliphatic carbocycles. The highest BCUT2D eigenvalue weighted by Crippen LogP contribution is 2.40. The molecule has 1 unspecified atom stereocenters. The fourth-order valence-corrected chi connectivity index (χ4v) is 4.86. The van der Waals surface area contributed by atoms with E-state index in [-0.39, 0.29) is 29.1 Å². The van der Waals surface area contributed by atoms with E-state index in [4.69, 9.17) is 9.94 Å². The Bertz CT molecular complexity index is 1030. The number of hydrogen-bond acceptors (Lipinski definition) is 5. The summed E-state index contributed by atoms with van der Waals surface area (Å²) in [6, 6.07) is 14.4. The van der Waals surface area contributed by atoms with Crippen LogP contribution < -0.4 is 10.2 Å². The summed E-state index contributed by atoms with van der Waals surface area (Å²) in [5.41, 5.74) is 5.42. The summed E-state index contributed by atoms with van der Waals surface area (Å²) in [4.78, 5) is 23.8. The number of carbonyl (C=O) groups is 2. The van der Waals surface area contributed by atoms with E-state index in [0.717, 1.165) is 49.0 Å². The number of nitrogens with one attached hydrogen (secondary N) is 1. The fraction of sp³-hybridized carbons (Fsp3) is 0.562. The molecule has 0 bridgehead atoms. The second-order valence-electron chi connectivity index (χ2n) is 11.4. The number of aliphatic hydroxyl groups is 1. The first-order valence-electron chi connectivity index (χ1n) is 14.0. The van der Waals surface area contributed by atoms with E-state index in [0.29, 0.717) is 19.3 Å². The van der Waals surface area contributed by atoms with Gasteiger partial charge < -0.3 is 9.84 Å². The molecule has 2 rings (SSSR count). The van der Waals surface area contributed by atoms with Gasteiger partial charge in [-0.1, -0.05) is 83.9 Å². The molecule has 0 aliphatic rings. The van der Waals surface area contributed by atoms with E-state index in [9.17, 15) is 14.7 Å². The van der Waals surface area contributed by atoms with Crippen molar-refractivity contribution in [3.63, 3.8) is 0 Å². The lowest BCUT2D eigenvalue weighted by Gasteiger charge is -2.34. The van der Waals surface area contributed by atoms with E-state index in [1.807, 2.05) is 45.9 Å². The zero-order valence-electron chi connectivity index (χ0n) is 24.1. The van der Waals surface area contributed by atoms with Gasteiger partial charge in [0.25, 0.3) is 0 Å². The van der Waals surface area contributed by atoms with Gasteiger partial charge in [0.15, 0.2) is 5.78 Å². The van der Waals surface area contributed by atoms with E-state index < -0.39 is 6.10 Å². The first-order valence-corrected chi connectivity index (χ1v) is 14.0. The van der Waals surface area contributed by atoms with Crippen LogP contribution in [0, 0.1) is 12.3 Å². The zero-order chi connectivity index (χ0) is 28.3. The van der Waals surface area contributed by atoms with Crippen molar-refractivity contribution in [2.45, 2.75) is 104 Å². The van der Waals surface area contributed by atoms with Crippen LogP contribution in [0.5, 0.6) is 5.75 Å². The maximum Gasteiger partial charge on any atom is 0.243 e. The average Bonchev–Trinajstić information content (AvgIpc) is 2.90. The minimum absolute atomic E-state index is 0.137. The van der Waals surface area contributed by atoms with E-state index >= 15 is 0 Å². The Labute approximate surface area is 228 Å². The number of Topliss-reactive ketones (excluding diaryl/α,β-unsaturated/α-hetero) is 1. The monoisotopic (exact) mass is 525 g/mol. The van der Waals surface area contributed by atoms with Crippen LogP contribution in [0.3, 0.4) is 0 Å². The predicted octanol–water partition coefficient (Wildman–Crippen LogP) is 6.92. The number of aliphatic hydroxyl groups excluding tert-OH is 1. The molecule has 210 valence electrons. The smallest absolute Gasteiger partial charge is 0.243 e. The van der Waals surface area contributed by atoms with Crippen molar-refractivity contribution in [1.82, 2.24) is 5.48 Å². The summed E-state index contributed by atoms with van der Waals surface area (Å²) in [5.74, 6) is 0.556. The minimum Gasteiger partial charge on any atom is -0.491 e. The second kappa shape index (κ2) is 14.5. The van der Waals surface area contributed by atoms with Crippen LogP contribution in [0.15, 0.2) is 42.5 Å². The molecule has 2 aromatic carbocycles. The highest BCUT2D eigenvalue weighted by molar-refractivity contribution is 5.96. The topological polar surface area (TPSA) is 95.9 Å². The zero-order valence-corrected chi connectivity index (χ0v) is 24.1. The number of carbonyl (C=O) groups excluding carboxylic acids is 2. The normalized spacial score (nSPS) is 12.7. The van der Waals surface area contributed by atoms with Gasteiger partial charge in [-0.05, 0) is 60.8 Å². The number of aryl methyl sites for hydroxylation is 1. The van der Waals surface area contributed by atoms with Crippen molar-refractivity contribution in [2.24, 2.45) is 5.41 Å². The maximum absolute atomic E-state index is 12.7. The molecular formula is C32H47NO5. The standard InChI is InChI=1S/C32H47NO5/c1-7-32(8-2,26-19-20-28(23(3)21-26)38-22-29(35)31(4,5)6)25-17-15-24(16-18-25)27(34)13-11-9-10-12-14-30(36)33-37/h15-21,29,35,37H,7-14,22H2,1-6H3,(H,33,36). The largest absolute Gasteiger partial charge is 0.491 e. The number of ketones is 1. The highest BCUT2D eigenvalue weighted by Gasteiger charge is 2.31. The number of unbranched alkanes of at least 4 members (excludes halogenated alkanes) is 3. The molecule has 0 saturated heterocycles. The van der Waals surface area contributed by atoms with Crippen molar-refractivity contribution < 1.29 is 24.6 Å². The summed E-state index contributed by atoms with van der Waals surface area (Å²) in [7, 11) is 0. The summed E-state index contributed by atoms with van der Waals surface area (Å²) >= 11 is 0. The molecule has 0 aliphatic heterocycles. The molecule has 1 atom stereocenters. The van der Waals surface area contributed by atoms with E-state index in [1.54, 1.807) is 5.48 Å². The molecule has 0 heterocycles. The molecular weight excluding hydrogens is 478 g/mol. The number of hydroxylamine groups is 1. The van der Waals surface area contributed by atoms with E-state index in [1.165, 1.54) is 11.1 Å². The van der Waals surface area contributed by atoms with Crippen molar-refractivity contribution in [1.29, 1.82) is 0 Å². The lowest BCUT2D eigenvalue weighted by molar-refractivity contribution is -0.129. The van der Waals surface area contributed by atoms with Crippen molar-refractivity contribution >= 4 is 11.7 Å². The Hall–Kier alpha value is -2.70. The molecule has 0 spiro atoms. The number of ether oxygens (including phenoxy) is 1. The summed E-state index contributed by atoms with van der Waals surface area (Å²) < 4.78 is 5.96. The van der Waals surface area contributed by atoms with Crippen molar-refractivity contribution in [3.05, 3.63) is 64.7 Å². The Morgan fingerprint density at radius 2 is 1.47 bits per heavy atom. The number of hydrogen-bond donors (Lipinski definition) is 3. The molecule has 6 heteroatoms. The molecule has 6 nitrogen and oxygen atoms in total. The number of amides is 1. The Balaban J connectivity index is 2.07. The van der Waals surface area contributed by atoms with Gasteiger partial charge >= 0.3 is 0 Å². The molecule has 0 saturated carbocycles. The van der Waals surface area contributed by atoms with Crippen LogP contribution in [0.1, 0.15) is 113 Å². The van der Waals surface area contributed by atoms with Crippen LogP contribution >= 0.6 is 0 Å². The molecule has 0 fully saturated rings. The molecule has 0 radical (unpaired) electrons. The van der Waals surface area contributed by atoms with Gasteiger partial charge in [0.2, 0.25) is 5.91 Å².